The Bertz CT molecular complexity index is 1400. The summed E-state index contributed by atoms with van der Waals surface area (Å²) in [6.45, 7) is 4.09. The van der Waals surface area contributed by atoms with Crippen LogP contribution < -0.4 is 20.7 Å². The van der Waals surface area contributed by atoms with Gasteiger partial charge in [0.2, 0.25) is 5.95 Å². The summed E-state index contributed by atoms with van der Waals surface area (Å²) in [6, 6.07) is 6.93. The molecule has 2 aromatic heterocycles. The molecule has 40 heavy (non-hydrogen) atoms. The van der Waals surface area contributed by atoms with Crippen LogP contribution in [0, 0.1) is 0 Å². The van der Waals surface area contributed by atoms with Crippen LogP contribution in [0.25, 0.3) is 11.2 Å². The Morgan fingerprint density at radius 2 is 2.02 bits per heavy atom. The molecule has 14 nitrogen and oxygen atoms in total. The van der Waals surface area contributed by atoms with Gasteiger partial charge in [-0.3, -0.25) is 13.9 Å². The summed E-state index contributed by atoms with van der Waals surface area (Å²) in [6.07, 6.45) is -4.22. The number of aliphatic hydroxyl groups excluding tert-OH is 1. The smallest absolute Gasteiger partial charge is 0.459 e. The molecule has 1 aromatic carbocycles. The maximum Gasteiger partial charge on any atom is 0.459 e. The number of nitrogens with one attached hydrogen (secondary N) is 2. The fraction of sp³-hybridized carbons (Fsp3) is 0.478. The van der Waals surface area contributed by atoms with Crippen molar-refractivity contribution in [3.8, 4) is 5.75 Å². The highest BCUT2D eigenvalue weighted by Crippen LogP contribution is 2.49. The zero-order chi connectivity index (χ0) is 29.2. The highest BCUT2D eigenvalue weighted by atomic mass is 35.5. The van der Waals surface area contributed by atoms with Crippen LogP contribution in [0.1, 0.15) is 27.0 Å². The molecule has 2 unspecified atom stereocenters. The quantitative estimate of drug-likeness (QED) is 0.143. The minimum Gasteiger partial charge on any atom is -0.462 e. The molecule has 1 aliphatic rings. The lowest BCUT2D eigenvalue weighted by Gasteiger charge is -2.25. The highest BCUT2D eigenvalue weighted by Gasteiger charge is 2.58. The van der Waals surface area contributed by atoms with Crippen molar-refractivity contribution in [2.45, 2.75) is 56.5 Å². The van der Waals surface area contributed by atoms with Gasteiger partial charge in [0.15, 0.2) is 23.2 Å². The van der Waals surface area contributed by atoms with Crippen LogP contribution in [0.5, 0.6) is 5.75 Å². The predicted molar refractivity (Wildman–Crippen MR) is 143 cm³/mol. The first-order valence-electron chi connectivity index (χ1n) is 12.2. The van der Waals surface area contributed by atoms with E-state index in [2.05, 4.69) is 25.4 Å². The fourth-order valence-electron chi connectivity index (χ4n) is 3.89. The molecule has 0 bridgehead atoms. The zero-order valence-corrected chi connectivity index (χ0v) is 23.7. The number of nitrogens with two attached hydrogens (primary N) is 1. The number of hydrogen-bond acceptors (Lipinski definition) is 12. The minimum absolute atomic E-state index is 0.0931. The molecule has 17 heteroatoms. The van der Waals surface area contributed by atoms with Gasteiger partial charge >= 0.3 is 13.7 Å². The third-order valence-corrected chi connectivity index (χ3v) is 7.80. The number of esters is 1. The van der Waals surface area contributed by atoms with Gasteiger partial charge in [-0.1, -0.05) is 29.8 Å². The summed E-state index contributed by atoms with van der Waals surface area (Å²) < 4.78 is 52.6. The lowest BCUT2D eigenvalue weighted by atomic mass is 10.1. The van der Waals surface area contributed by atoms with Crippen molar-refractivity contribution in [1.29, 1.82) is 0 Å². The molecule has 0 radical (unpaired) electrons. The van der Waals surface area contributed by atoms with Gasteiger partial charge in [-0.05, 0) is 32.9 Å². The number of anilines is 2. The van der Waals surface area contributed by atoms with E-state index in [-0.39, 0.29) is 28.7 Å². The molecule has 4 rings (SSSR count). The number of fused-ring (bicyclic) bond motifs is 1. The van der Waals surface area contributed by atoms with Crippen LogP contribution in [0.4, 0.5) is 16.2 Å². The monoisotopic (exact) mass is 601 g/mol. The summed E-state index contributed by atoms with van der Waals surface area (Å²) >= 11 is 6.12. The van der Waals surface area contributed by atoms with E-state index in [1.165, 1.54) is 25.4 Å². The van der Waals surface area contributed by atoms with E-state index in [9.17, 15) is 14.5 Å². The second-order valence-electron chi connectivity index (χ2n) is 9.18. The number of ether oxygens (including phenoxy) is 2. The maximum absolute atomic E-state index is 15.7. The summed E-state index contributed by atoms with van der Waals surface area (Å²) in [7, 11) is -2.73. The number of carbonyl (C=O) groups excluding carboxylic acids is 1. The van der Waals surface area contributed by atoms with Crippen molar-refractivity contribution in [3.05, 3.63) is 36.7 Å². The van der Waals surface area contributed by atoms with Gasteiger partial charge < -0.3 is 30.2 Å². The number of aromatic nitrogens is 4. The number of hydrogen-bond donors (Lipinski definition) is 4. The summed E-state index contributed by atoms with van der Waals surface area (Å²) in [4.78, 5) is 24.7. The molecular formula is C23H30ClFN7O7P. The normalized spacial score (nSPS) is 25.1. The lowest BCUT2D eigenvalue weighted by molar-refractivity contribution is -0.149. The standard InChI is InChI=1S/C23H30ClFN7O7P/c1-12(2)37-20(34)13(3)31-40(35,39-14-8-6-5-7-9-14)36-10-15-17(33)23(24,25)21(38-15)32-11-28-16-18(27-4)29-22(26)30-19(16)32/h5-9,11-13,15,17,21,33H,10H2,1-4H3,(H,31,35)(H3,26,27,29,30)/t13-,15?,17+,21+,23+,40?/m0/s1. The van der Waals surface area contributed by atoms with Crippen molar-refractivity contribution in [2.75, 3.05) is 24.7 Å². The van der Waals surface area contributed by atoms with E-state index in [4.69, 9.17) is 35.9 Å². The molecule has 1 saturated heterocycles. The number of halogens is 2. The van der Waals surface area contributed by atoms with Crippen LogP contribution >= 0.6 is 19.3 Å². The first-order chi connectivity index (χ1) is 18.8. The van der Waals surface area contributed by atoms with E-state index in [1.807, 2.05) is 0 Å². The van der Waals surface area contributed by atoms with Gasteiger partial charge in [0.05, 0.1) is 19.0 Å². The number of para-hydroxylation sites is 1. The van der Waals surface area contributed by atoms with Gasteiger partial charge in [0.25, 0.3) is 5.13 Å². The van der Waals surface area contributed by atoms with E-state index < -0.39 is 56.0 Å². The van der Waals surface area contributed by atoms with Gasteiger partial charge in [0, 0.05) is 7.05 Å². The number of alkyl halides is 2. The molecule has 1 fully saturated rings. The number of carbonyl (C=O) groups is 1. The van der Waals surface area contributed by atoms with E-state index in [0.29, 0.717) is 0 Å². The van der Waals surface area contributed by atoms with E-state index >= 15 is 4.39 Å². The van der Waals surface area contributed by atoms with E-state index in [1.54, 1.807) is 39.1 Å². The molecule has 1 aliphatic heterocycles. The Labute approximate surface area is 233 Å². The van der Waals surface area contributed by atoms with Gasteiger partial charge in [0.1, 0.15) is 24.0 Å². The molecule has 0 aliphatic carbocycles. The van der Waals surface area contributed by atoms with Crippen molar-refractivity contribution < 1.29 is 37.4 Å². The molecule has 218 valence electrons. The highest BCUT2D eigenvalue weighted by molar-refractivity contribution is 7.52. The van der Waals surface area contributed by atoms with Crippen molar-refractivity contribution in [2.24, 2.45) is 0 Å². The Kier molecular flexibility index (Phi) is 8.83. The first kappa shape index (κ1) is 29.9. The predicted octanol–water partition coefficient (Wildman–Crippen LogP) is 2.75. The lowest BCUT2D eigenvalue weighted by Crippen LogP contribution is -2.40. The van der Waals surface area contributed by atoms with Crippen LogP contribution in [0.15, 0.2) is 36.7 Å². The molecule has 3 aromatic rings. The molecule has 0 amide bonds. The largest absolute Gasteiger partial charge is 0.462 e. The molecule has 3 heterocycles. The van der Waals surface area contributed by atoms with Gasteiger partial charge in [-0.15, -0.1) is 0 Å². The minimum atomic E-state index is -4.32. The third kappa shape index (κ3) is 6.29. The van der Waals surface area contributed by atoms with Crippen LogP contribution in [0.3, 0.4) is 0 Å². The molecule has 5 N–H and O–H groups in total. The fourth-order valence-corrected chi connectivity index (χ4v) is 5.69. The summed E-state index contributed by atoms with van der Waals surface area (Å²) in [5.74, 6) is -0.376. The average molecular weight is 602 g/mol. The Morgan fingerprint density at radius 1 is 1.32 bits per heavy atom. The SMILES string of the molecule is CNc1nc(N)nc2c1ncn2[C@@H]1OC(COP(=O)(N[C@@H](C)C(=O)OC(C)C)Oc2ccccc2)[C@@H](O)[C@]1(F)Cl. The molecule has 6 atom stereocenters. The third-order valence-electron chi connectivity index (χ3n) is 5.74. The summed E-state index contributed by atoms with van der Waals surface area (Å²) in [5.41, 5.74) is 6.12. The van der Waals surface area contributed by atoms with Gasteiger partial charge in [-0.2, -0.15) is 15.1 Å². The average Bonchev–Trinajstić information content (AvgIpc) is 3.40. The molecule has 0 saturated carbocycles. The van der Waals surface area contributed by atoms with Crippen LogP contribution in [-0.2, 0) is 23.4 Å². The van der Waals surface area contributed by atoms with E-state index in [0.717, 1.165) is 4.57 Å². The number of aliphatic hydroxyl groups is 1. The van der Waals surface area contributed by atoms with Crippen molar-refractivity contribution in [1.82, 2.24) is 24.6 Å². The Hall–Kier alpha value is -3.07. The number of imidazole rings is 1. The Balaban J connectivity index is 1.56. The Morgan fingerprint density at radius 3 is 2.67 bits per heavy atom. The molecule has 0 spiro atoms. The number of nitrogens with zero attached hydrogens (tertiary/aromatic N) is 4. The number of rotatable bonds is 11. The summed E-state index contributed by atoms with van der Waals surface area (Å²) in [5, 5.41) is 13.2. The number of nitrogen functional groups attached to an aromatic ring is 1. The van der Waals surface area contributed by atoms with Gasteiger partial charge in [-0.25, -0.2) is 13.9 Å². The second-order valence-corrected chi connectivity index (χ2v) is 11.5. The molecular weight excluding hydrogens is 572 g/mol. The van der Waals surface area contributed by atoms with Crippen molar-refractivity contribution >= 4 is 48.2 Å². The number of benzene rings is 1. The van der Waals surface area contributed by atoms with Crippen LogP contribution in [0.2, 0.25) is 0 Å². The topological polar surface area (TPSA) is 185 Å². The maximum atomic E-state index is 15.7. The first-order valence-corrected chi connectivity index (χ1v) is 14.1. The second kappa shape index (κ2) is 11.8. The van der Waals surface area contributed by atoms with Crippen LogP contribution in [-0.4, -0.2) is 73.7 Å². The zero-order valence-electron chi connectivity index (χ0n) is 22.0. The van der Waals surface area contributed by atoms with Crippen molar-refractivity contribution in [3.63, 3.8) is 0 Å².